The molecule has 1 aromatic rings. The summed E-state index contributed by atoms with van der Waals surface area (Å²) in [7, 11) is 0. The van der Waals surface area contributed by atoms with Crippen LogP contribution in [-0.2, 0) is 38.7 Å². The highest BCUT2D eigenvalue weighted by molar-refractivity contribution is 5.81. The summed E-state index contributed by atoms with van der Waals surface area (Å²) in [4.78, 5) is 60.3. The van der Waals surface area contributed by atoms with Crippen molar-refractivity contribution in [2.24, 2.45) is 0 Å². The summed E-state index contributed by atoms with van der Waals surface area (Å²) in [5.41, 5.74) is -2.89. The zero-order chi connectivity index (χ0) is 21.4. The molecule has 0 bridgehead atoms. The smallest absolute Gasteiger partial charge is 0.336 e. The van der Waals surface area contributed by atoms with Crippen molar-refractivity contribution in [3.63, 3.8) is 0 Å². The monoisotopic (exact) mass is 397 g/mol. The third-order valence-corrected chi connectivity index (χ3v) is 3.56. The van der Waals surface area contributed by atoms with Crippen LogP contribution in [0.1, 0.15) is 13.8 Å². The van der Waals surface area contributed by atoms with Crippen molar-refractivity contribution in [1.82, 2.24) is 13.7 Å². The molecular weight excluding hydrogens is 374 g/mol. The van der Waals surface area contributed by atoms with E-state index in [1.807, 2.05) is 0 Å². The second-order valence-electron chi connectivity index (χ2n) is 5.85. The van der Waals surface area contributed by atoms with E-state index < -0.39 is 47.8 Å². The summed E-state index contributed by atoms with van der Waals surface area (Å²) >= 11 is 0. The van der Waals surface area contributed by atoms with Crippen LogP contribution in [0.3, 0.4) is 0 Å². The van der Waals surface area contributed by atoms with E-state index in [-0.39, 0.29) is 19.6 Å². The molecule has 2 unspecified atom stereocenters. The van der Waals surface area contributed by atoms with Crippen LogP contribution in [0.15, 0.2) is 39.7 Å². The summed E-state index contributed by atoms with van der Waals surface area (Å²) in [6, 6.07) is 0. The maximum atomic E-state index is 12.7. The molecule has 1 rings (SSSR count). The molecule has 0 aliphatic carbocycles. The molecule has 0 fully saturated rings. The van der Waals surface area contributed by atoms with Crippen molar-refractivity contribution in [3.05, 3.63) is 56.8 Å². The zero-order valence-corrected chi connectivity index (χ0v) is 15.7. The molecule has 11 nitrogen and oxygen atoms in total. The van der Waals surface area contributed by atoms with Gasteiger partial charge in [0, 0.05) is 12.2 Å². The largest absolute Gasteiger partial charge is 0.458 e. The molecule has 0 saturated carbocycles. The van der Waals surface area contributed by atoms with E-state index in [1.54, 1.807) is 0 Å². The molecule has 0 radical (unpaired) electrons. The first kappa shape index (κ1) is 22.8. The van der Waals surface area contributed by atoms with Crippen LogP contribution in [0, 0.1) is 0 Å². The Morgan fingerprint density at radius 2 is 1.25 bits per heavy atom. The minimum Gasteiger partial charge on any atom is -0.458 e. The Hall–Kier alpha value is -3.21. The van der Waals surface area contributed by atoms with Crippen molar-refractivity contribution in [2.45, 2.75) is 45.7 Å². The Balaban J connectivity index is 3.39. The SMILES string of the molecule is C=CC(=O)OC(C)Cn1c(=O)n(CCO)c(=O)n(CC(C)OC(=O)C=C)c1=O. The lowest BCUT2D eigenvalue weighted by atomic mass is 10.4. The summed E-state index contributed by atoms with van der Waals surface area (Å²) in [5.74, 6) is -1.48. The summed E-state index contributed by atoms with van der Waals surface area (Å²) < 4.78 is 12.0. The number of aliphatic hydroxyl groups is 1. The third-order valence-electron chi connectivity index (χ3n) is 3.56. The number of rotatable bonds is 10. The topological polar surface area (TPSA) is 139 Å². The summed E-state index contributed by atoms with van der Waals surface area (Å²) in [6.45, 7) is 7.88. The van der Waals surface area contributed by atoms with E-state index in [9.17, 15) is 24.0 Å². The molecule has 0 aliphatic rings. The molecule has 1 aromatic heterocycles. The number of aromatic nitrogens is 3. The quantitative estimate of drug-likeness (QED) is 0.368. The number of ether oxygens (including phenoxy) is 2. The highest BCUT2D eigenvalue weighted by Crippen LogP contribution is 1.96. The van der Waals surface area contributed by atoms with Gasteiger partial charge in [0.25, 0.3) is 0 Å². The number of nitrogens with zero attached hydrogens (tertiary/aromatic N) is 3. The van der Waals surface area contributed by atoms with Crippen LogP contribution in [0.25, 0.3) is 0 Å². The van der Waals surface area contributed by atoms with Gasteiger partial charge in [-0.3, -0.25) is 0 Å². The van der Waals surface area contributed by atoms with Crippen molar-refractivity contribution >= 4 is 11.9 Å². The molecule has 28 heavy (non-hydrogen) atoms. The first-order valence-corrected chi connectivity index (χ1v) is 8.37. The average molecular weight is 397 g/mol. The summed E-state index contributed by atoms with van der Waals surface area (Å²) in [6.07, 6.45) is 0.112. The highest BCUT2D eigenvalue weighted by Gasteiger charge is 2.20. The fourth-order valence-corrected chi connectivity index (χ4v) is 2.37. The minimum absolute atomic E-state index is 0.330. The van der Waals surface area contributed by atoms with Gasteiger partial charge in [0.15, 0.2) is 0 Å². The number of esters is 2. The first-order valence-electron chi connectivity index (χ1n) is 8.37. The Morgan fingerprint density at radius 1 is 0.893 bits per heavy atom. The Bertz CT molecular complexity index is 856. The van der Waals surface area contributed by atoms with Crippen molar-refractivity contribution in [3.8, 4) is 0 Å². The number of carbonyl (C=O) groups excluding carboxylic acids is 2. The van der Waals surface area contributed by atoms with Gasteiger partial charge in [-0.2, -0.15) is 0 Å². The molecule has 0 aliphatic heterocycles. The molecule has 2 atom stereocenters. The zero-order valence-electron chi connectivity index (χ0n) is 15.7. The van der Waals surface area contributed by atoms with Crippen LogP contribution in [0.4, 0.5) is 0 Å². The Kier molecular flexibility index (Phi) is 8.32. The molecular formula is C17H23N3O8. The van der Waals surface area contributed by atoms with E-state index in [0.29, 0.717) is 13.7 Å². The number of hydrogen-bond acceptors (Lipinski definition) is 8. The lowest BCUT2D eigenvalue weighted by Crippen LogP contribution is -2.56. The van der Waals surface area contributed by atoms with Crippen LogP contribution < -0.4 is 17.1 Å². The Labute approximate surface area is 159 Å². The number of aliphatic hydroxyl groups excluding tert-OH is 1. The fraction of sp³-hybridized carbons (Fsp3) is 0.471. The van der Waals surface area contributed by atoms with Gasteiger partial charge in [-0.1, -0.05) is 13.2 Å². The van der Waals surface area contributed by atoms with Gasteiger partial charge >= 0.3 is 29.0 Å². The molecule has 11 heteroatoms. The minimum atomic E-state index is -0.966. The predicted octanol–water partition coefficient (Wildman–Crippen LogP) is -1.60. The van der Waals surface area contributed by atoms with E-state index in [4.69, 9.17) is 14.6 Å². The van der Waals surface area contributed by atoms with Gasteiger partial charge in [-0.15, -0.1) is 0 Å². The number of carbonyl (C=O) groups is 2. The maximum absolute atomic E-state index is 12.7. The standard InChI is InChI=1S/C17H23N3O8/c1-5-13(22)27-11(3)9-19-15(24)18(7-8-21)16(25)20(17(19)26)10-12(4)28-14(23)6-2/h5-6,11-12,21H,1-2,7-10H2,3-4H3. The second-order valence-corrected chi connectivity index (χ2v) is 5.85. The van der Waals surface area contributed by atoms with Crippen LogP contribution in [0.2, 0.25) is 0 Å². The van der Waals surface area contributed by atoms with E-state index in [2.05, 4.69) is 13.2 Å². The molecule has 0 spiro atoms. The molecule has 1 heterocycles. The van der Waals surface area contributed by atoms with Crippen LogP contribution >= 0.6 is 0 Å². The lowest BCUT2D eigenvalue weighted by molar-refractivity contribution is -0.143. The van der Waals surface area contributed by atoms with Crippen LogP contribution in [-0.4, -0.2) is 49.6 Å². The highest BCUT2D eigenvalue weighted by atomic mass is 16.5. The van der Waals surface area contributed by atoms with E-state index >= 15 is 0 Å². The second kappa shape index (κ2) is 10.2. The number of hydrogen-bond donors (Lipinski definition) is 1. The van der Waals surface area contributed by atoms with E-state index in [1.165, 1.54) is 13.8 Å². The van der Waals surface area contributed by atoms with Gasteiger partial charge in [-0.05, 0) is 13.8 Å². The third kappa shape index (κ3) is 5.64. The van der Waals surface area contributed by atoms with Gasteiger partial charge in [-0.25, -0.2) is 37.7 Å². The van der Waals surface area contributed by atoms with Crippen LogP contribution in [0.5, 0.6) is 0 Å². The van der Waals surface area contributed by atoms with Gasteiger partial charge in [0.05, 0.1) is 26.2 Å². The van der Waals surface area contributed by atoms with Gasteiger partial charge in [0.1, 0.15) is 12.2 Å². The normalized spacial score (nSPS) is 12.7. The molecule has 0 amide bonds. The molecule has 0 saturated heterocycles. The van der Waals surface area contributed by atoms with Crippen molar-refractivity contribution in [2.75, 3.05) is 6.61 Å². The van der Waals surface area contributed by atoms with E-state index in [0.717, 1.165) is 12.2 Å². The average Bonchev–Trinajstić information content (AvgIpc) is 2.65. The molecule has 154 valence electrons. The van der Waals surface area contributed by atoms with Gasteiger partial charge in [0.2, 0.25) is 0 Å². The Morgan fingerprint density at radius 3 is 1.57 bits per heavy atom. The first-order chi connectivity index (χ1) is 13.2. The maximum Gasteiger partial charge on any atom is 0.336 e. The van der Waals surface area contributed by atoms with Gasteiger partial charge < -0.3 is 14.6 Å². The summed E-state index contributed by atoms with van der Waals surface area (Å²) in [5, 5.41) is 9.13. The van der Waals surface area contributed by atoms with Crippen molar-refractivity contribution in [1.29, 1.82) is 0 Å². The molecule has 1 N–H and O–H groups in total. The van der Waals surface area contributed by atoms with Crippen molar-refractivity contribution < 1.29 is 24.2 Å². The molecule has 0 aromatic carbocycles. The fourth-order valence-electron chi connectivity index (χ4n) is 2.37. The predicted molar refractivity (Wildman–Crippen MR) is 97.8 cm³/mol. The lowest BCUT2D eigenvalue weighted by Gasteiger charge is -2.18.